The molecule has 0 unspecified atom stereocenters. The van der Waals surface area contributed by atoms with Crippen LogP contribution in [0.1, 0.15) is 17.7 Å². The van der Waals surface area contributed by atoms with Gasteiger partial charge in [-0.25, -0.2) is 0 Å². The lowest BCUT2D eigenvalue weighted by Crippen LogP contribution is -1.96. The van der Waals surface area contributed by atoms with E-state index in [1.54, 1.807) is 0 Å². The first kappa shape index (κ1) is 24.9. The lowest BCUT2D eigenvalue weighted by Gasteiger charge is -2.14. The Balaban J connectivity index is 1.26. The molecule has 0 radical (unpaired) electrons. The highest BCUT2D eigenvalue weighted by Crippen LogP contribution is 2.39. The Bertz CT molecular complexity index is 2310. The minimum Gasteiger partial charge on any atom is -0.456 e. The van der Waals surface area contributed by atoms with Gasteiger partial charge in [0.05, 0.1) is 11.0 Å². The molecule has 0 spiro atoms. The van der Waals surface area contributed by atoms with Crippen molar-refractivity contribution in [3.63, 3.8) is 0 Å². The van der Waals surface area contributed by atoms with E-state index >= 15 is 0 Å². The molecule has 9 rings (SSSR count). The number of para-hydroxylation sites is 1. The van der Waals surface area contributed by atoms with E-state index in [0.29, 0.717) is 0 Å². The Labute approximate surface area is 256 Å². The normalized spacial score (nSPS) is 12.7. The van der Waals surface area contributed by atoms with Gasteiger partial charge in [-0.3, -0.25) is 0 Å². The van der Waals surface area contributed by atoms with E-state index in [1.807, 2.05) is 0 Å². The van der Waals surface area contributed by atoms with Crippen molar-refractivity contribution >= 4 is 38.9 Å². The number of hydrogen-bond acceptors (Lipinski definition) is 1. The van der Waals surface area contributed by atoms with E-state index in [-0.39, 0.29) is 0 Å². The number of allylic oxidation sites excluding steroid dienone is 1. The SMILES string of the molecule is C1=Cc2oc3ccc(-c4ccc5c(c4)c4ccccc4n5-c4cc(-c5ccccc5)cc(-c5ccccc5)c4)cc3c2CC1. The predicted octanol–water partition coefficient (Wildman–Crippen LogP) is 11.5. The Morgan fingerprint density at radius 3 is 1.86 bits per heavy atom. The molecule has 0 N–H and O–H groups in total. The molecule has 0 bridgehead atoms. The maximum absolute atomic E-state index is 6.15. The first-order chi connectivity index (χ1) is 21.8. The van der Waals surface area contributed by atoms with Gasteiger partial charge in [-0.05, 0) is 101 Å². The van der Waals surface area contributed by atoms with Crippen LogP contribution in [-0.2, 0) is 6.42 Å². The topological polar surface area (TPSA) is 18.1 Å². The number of aromatic nitrogens is 1. The van der Waals surface area contributed by atoms with Crippen LogP contribution in [0.4, 0.5) is 0 Å². The van der Waals surface area contributed by atoms with Crippen LogP contribution >= 0.6 is 0 Å². The standard InChI is InChI=1S/C42H29NO/c1-3-11-28(12-4-1)32-23-33(29-13-5-2-6-14-29)25-34(24-32)43-39-17-9-7-15-35(39)37-26-30(19-21-40(37)43)31-20-22-42-38(27-31)36-16-8-10-18-41(36)44-42/h1-7,9-15,17-27H,8,16H2. The van der Waals surface area contributed by atoms with Crippen molar-refractivity contribution in [2.75, 3.05) is 0 Å². The first-order valence-electron chi connectivity index (χ1n) is 15.3. The minimum atomic E-state index is 0.968. The van der Waals surface area contributed by atoms with E-state index in [1.165, 1.54) is 66.1 Å². The quantitative estimate of drug-likeness (QED) is 0.208. The van der Waals surface area contributed by atoms with Crippen LogP contribution in [0.3, 0.4) is 0 Å². The van der Waals surface area contributed by atoms with Gasteiger partial charge >= 0.3 is 0 Å². The summed E-state index contributed by atoms with van der Waals surface area (Å²) >= 11 is 0. The second-order valence-corrected chi connectivity index (χ2v) is 11.7. The van der Waals surface area contributed by atoms with Gasteiger partial charge in [0, 0.05) is 27.4 Å². The first-order valence-corrected chi connectivity index (χ1v) is 15.3. The van der Waals surface area contributed by atoms with Gasteiger partial charge in [0.15, 0.2) is 0 Å². The molecular formula is C42H29NO. The van der Waals surface area contributed by atoms with Crippen LogP contribution in [0.2, 0.25) is 0 Å². The zero-order chi connectivity index (χ0) is 29.0. The maximum Gasteiger partial charge on any atom is 0.135 e. The van der Waals surface area contributed by atoms with Crippen LogP contribution in [0.5, 0.6) is 0 Å². The molecule has 208 valence electrons. The van der Waals surface area contributed by atoms with Crippen LogP contribution in [0, 0.1) is 0 Å². The summed E-state index contributed by atoms with van der Waals surface area (Å²) in [5, 5.41) is 3.74. The third kappa shape index (κ3) is 4.03. The summed E-state index contributed by atoms with van der Waals surface area (Å²) in [5.74, 6) is 1.01. The molecule has 44 heavy (non-hydrogen) atoms. The summed E-state index contributed by atoms with van der Waals surface area (Å²) in [6, 6.07) is 50.6. The van der Waals surface area contributed by atoms with Gasteiger partial charge in [0.25, 0.3) is 0 Å². The summed E-state index contributed by atoms with van der Waals surface area (Å²) in [4.78, 5) is 0. The second kappa shape index (κ2) is 10.00. The van der Waals surface area contributed by atoms with Crippen LogP contribution in [0.25, 0.3) is 77.9 Å². The highest BCUT2D eigenvalue weighted by Gasteiger charge is 2.18. The summed E-state index contributed by atoms with van der Waals surface area (Å²) in [6.07, 6.45) is 6.42. The third-order valence-electron chi connectivity index (χ3n) is 9.05. The third-order valence-corrected chi connectivity index (χ3v) is 9.05. The monoisotopic (exact) mass is 563 g/mol. The zero-order valence-corrected chi connectivity index (χ0v) is 24.2. The number of benzene rings is 6. The van der Waals surface area contributed by atoms with E-state index in [9.17, 15) is 0 Å². The smallest absolute Gasteiger partial charge is 0.135 e. The highest BCUT2D eigenvalue weighted by atomic mass is 16.3. The van der Waals surface area contributed by atoms with E-state index in [0.717, 1.165) is 29.9 Å². The molecule has 0 saturated heterocycles. The summed E-state index contributed by atoms with van der Waals surface area (Å²) in [6.45, 7) is 0. The van der Waals surface area contributed by atoms with Crippen molar-refractivity contribution in [2.24, 2.45) is 0 Å². The van der Waals surface area contributed by atoms with Crippen molar-refractivity contribution in [3.05, 3.63) is 157 Å². The lowest BCUT2D eigenvalue weighted by atomic mass is 9.97. The Morgan fingerprint density at radius 2 is 1.11 bits per heavy atom. The Hall–Kier alpha value is -5.60. The number of nitrogens with zero attached hydrogens (tertiary/aromatic N) is 1. The summed E-state index contributed by atoms with van der Waals surface area (Å²) in [7, 11) is 0. The van der Waals surface area contributed by atoms with Crippen molar-refractivity contribution in [2.45, 2.75) is 12.8 Å². The average Bonchev–Trinajstić information content (AvgIpc) is 3.64. The molecule has 0 fully saturated rings. The Kier molecular flexibility index (Phi) is 5.67. The van der Waals surface area contributed by atoms with Gasteiger partial charge in [0.1, 0.15) is 11.3 Å². The van der Waals surface area contributed by atoms with Gasteiger partial charge in [-0.15, -0.1) is 0 Å². The number of fused-ring (bicyclic) bond motifs is 6. The van der Waals surface area contributed by atoms with Crippen molar-refractivity contribution in [1.82, 2.24) is 4.57 Å². The molecule has 2 heteroatoms. The number of aryl methyl sites for hydroxylation is 1. The molecule has 1 aliphatic carbocycles. The largest absolute Gasteiger partial charge is 0.456 e. The minimum absolute atomic E-state index is 0.968. The number of furan rings is 1. The van der Waals surface area contributed by atoms with Crippen LogP contribution in [-0.4, -0.2) is 4.57 Å². The van der Waals surface area contributed by atoms with Crippen LogP contribution in [0.15, 0.2) is 150 Å². The molecule has 6 aromatic carbocycles. The number of hydrogen-bond donors (Lipinski definition) is 0. The lowest BCUT2D eigenvalue weighted by molar-refractivity contribution is 0.595. The van der Waals surface area contributed by atoms with Crippen LogP contribution < -0.4 is 0 Å². The fraction of sp³-hybridized carbons (Fsp3) is 0.0476. The van der Waals surface area contributed by atoms with Gasteiger partial charge < -0.3 is 8.98 Å². The van der Waals surface area contributed by atoms with Gasteiger partial charge in [0.2, 0.25) is 0 Å². The highest BCUT2D eigenvalue weighted by molar-refractivity contribution is 6.10. The van der Waals surface area contributed by atoms with Gasteiger partial charge in [-0.2, -0.15) is 0 Å². The molecule has 0 aliphatic heterocycles. The summed E-state index contributed by atoms with van der Waals surface area (Å²) in [5.41, 5.74) is 13.1. The molecule has 0 amide bonds. The molecule has 2 heterocycles. The molecule has 2 aromatic heterocycles. The molecular weight excluding hydrogens is 534 g/mol. The number of rotatable bonds is 4. The molecule has 0 atom stereocenters. The molecule has 8 aromatic rings. The molecule has 2 nitrogen and oxygen atoms in total. The van der Waals surface area contributed by atoms with E-state index in [4.69, 9.17) is 4.42 Å². The average molecular weight is 564 g/mol. The fourth-order valence-corrected chi connectivity index (χ4v) is 6.92. The van der Waals surface area contributed by atoms with Crippen molar-refractivity contribution in [1.29, 1.82) is 0 Å². The molecule has 0 saturated carbocycles. The maximum atomic E-state index is 6.15. The predicted molar refractivity (Wildman–Crippen MR) is 184 cm³/mol. The fourth-order valence-electron chi connectivity index (χ4n) is 6.92. The van der Waals surface area contributed by atoms with E-state index in [2.05, 4.69) is 156 Å². The van der Waals surface area contributed by atoms with Crippen molar-refractivity contribution < 1.29 is 4.42 Å². The molecule has 1 aliphatic rings. The summed E-state index contributed by atoms with van der Waals surface area (Å²) < 4.78 is 8.58. The zero-order valence-electron chi connectivity index (χ0n) is 24.2. The second-order valence-electron chi connectivity index (χ2n) is 11.7. The van der Waals surface area contributed by atoms with E-state index < -0.39 is 0 Å². The van der Waals surface area contributed by atoms with Crippen molar-refractivity contribution in [3.8, 4) is 39.1 Å². The Morgan fingerprint density at radius 1 is 0.477 bits per heavy atom. The van der Waals surface area contributed by atoms with Gasteiger partial charge in [-0.1, -0.05) is 97.1 Å².